The lowest BCUT2D eigenvalue weighted by Gasteiger charge is -2.17. The second-order valence-electron chi connectivity index (χ2n) is 5.77. The zero-order valence-corrected chi connectivity index (χ0v) is 15.5. The number of nitrogens with one attached hydrogen (secondary N) is 1. The molecule has 0 heterocycles. The maximum atomic E-state index is 12.1. The zero-order valence-electron chi connectivity index (χ0n) is 14.7. The first-order valence-electron chi connectivity index (χ1n) is 7.92. The first-order valence-corrected chi connectivity index (χ1v) is 8.30. The molecular formula is C19H23ClN2O3. The highest BCUT2D eigenvalue weighted by Crippen LogP contribution is 2.27. The van der Waals surface area contributed by atoms with Crippen LogP contribution in [0.15, 0.2) is 42.5 Å². The molecule has 0 saturated heterocycles. The molecule has 1 N–H and O–H groups in total. The number of ether oxygens (including phenoxy) is 2. The second-order valence-corrected chi connectivity index (χ2v) is 6.20. The standard InChI is InChI=1S/C19H23ClN2O3/c1-22(12-15-7-8-17(24-2)18(10-15)25-3)13-19(23)21-11-14-5-4-6-16(20)9-14/h4-10H,11-13H2,1-3H3,(H,21,23). The molecular weight excluding hydrogens is 340 g/mol. The van der Waals surface area contributed by atoms with E-state index in [9.17, 15) is 4.79 Å². The van der Waals surface area contributed by atoms with Gasteiger partial charge in [0.25, 0.3) is 0 Å². The fraction of sp³-hybridized carbons (Fsp3) is 0.316. The molecule has 0 aliphatic rings. The maximum Gasteiger partial charge on any atom is 0.234 e. The average Bonchev–Trinajstić information content (AvgIpc) is 2.59. The van der Waals surface area contributed by atoms with Gasteiger partial charge in [0.15, 0.2) is 11.5 Å². The molecule has 134 valence electrons. The Balaban J connectivity index is 1.85. The normalized spacial score (nSPS) is 10.6. The van der Waals surface area contributed by atoms with E-state index in [0.29, 0.717) is 36.2 Å². The average molecular weight is 363 g/mol. The van der Waals surface area contributed by atoms with Crippen molar-refractivity contribution in [3.8, 4) is 11.5 Å². The van der Waals surface area contributed by atoms with Gasteiger partial charge in [-0.1, -0.05) is 29.8 Å². The van der Waals surface area contributed by atoms with Crippen molar-refractivity contribution in [2.45, 2.75) is 13.1 Å². The van der Waals surface area contributed by atoms with Gasteiger partial charge in [-0.05, 0) is 42.4 Å². The molecule has 0 fully saturated rings. The summed E-state index contributed by atoms with van der Waals surface area (Å²) >= 11 is 5.94. The number of hydrogen-bond acceptors (Lipinski definition) is 4. The van der Waals surface area contributed by atoms with E-state index in [2.05, 4.69) is 5.32 Å². The number of carbonyl (C=O) groups is 1. The van der Waals surface area contributed by atoms with Gasteiger partial charge >= 0.3 is 0 Å². The molecule has 0 radical (unpaired) electrons. The fourth-order valence-electron chi connectivity index (χ4n) is 2.50. The minimum absolute atomic E-state index is 0.0389. The third-order valence-electron chi connectivity index (χ3n) is 3.69. The van der Waals surface area contributed by atoms with Crippen LogP contribution in [0, 0.1) is 0 Å². The van der Waals surface area contributed by atoms with E-state index in [1.54, 1.807) is 14.2 Å². The summed E-state index contributed by atoms with van der Waals surface area (Å²) in [5.74, 6) is 1.33. The number of halogens is 1. The van der Waals surface area contributed by atoms with E-state index in [4.69, 9.17) is 21.1 Å². The highest BCUT2D eigenvalue weighted by molar-refractivity contribution is 6.30. The number of carbonyl (C=O) groups excluding carboxylic acids is 1. The van der Waals surface area contributed by atoms with Crippen LogP contribution in [0.5, 0.6) is 11.5 Å². The van der Waals surface area contributed by atoms with Crippen molar-refractivity contribution in [1.82, 2.24) is 10.2 Å². The van der Waals surface area contributed by atoms with E-state index in [0.717, 1.165) is 11.1 Å². The molecule has 5 nitrogen and oxygen atoms in total. The molecule has 1 amide bonds. The Morgan fingerprint density at radius 3 is 2.52 bits per heavy atom. The summed E-state index contributed by atoms with van der Waals surface area (Å²) < 4.78 is 10.5. The van der Waals surface area contributed by atoms with Gasteiger partial charge in [-0.25, -0.2) is 0 Å². The molecule has 2 aromatic rings. The predicted octanol–water partition coefficient (Wildman–Crippen LogP) is 3.11. The lowest BCUT2D eigenvalue weighted by molar-refractivity contribution is -0.122. The Bertz CT molecular complexity index is 722. The Hall–Kier alpha value is -2.24. The van der Waals surface area contributed by atoms with Crippen LogP contribution < -0.4 is 14.8 Å². The SMILES string of the molecule is COc1ccc(CN(C)CC(=O)NCc2cccc(Cl)c2)cc1OC. The quantitative estimate of drug-likeness (QED) is 0.784. The van der Waals surface area contributed by atoms with Crippen LogP contribution in [-0.4, -0.2) is 38.6 Å². The Morgan fingerprint density at radius 1 is 1.08 bits per heavy atom. The van der Waals surface area contributed by atoms with Crippen molar-refractivity contribution in [3.63, 3.8) is 0 Å². The smallest absolute Gasteiger partial charge is 0.234 e. The third kappa shape index (κ3) is 5.96. The van der Waals surface area contributed by atoms with Gasteiger partial charge in [0.1, 0.15) is 0 Å². The minimum Gasteiger partial charge on any atom is -0.493 e. The summed E-state index contributed by atoms with van der Waals surface area (Å²) in [5.41, 5.74) is 2.02. The van der Waals surface area contributed by atoms with E-state index >= 15 is 0 Å². The summed E-state index contributed by atoms with van der Waals surface area (Å²) in [5, 5.41) is 3.56. The number of nitrogens with zero attached hydrogens (tertiary/aromatic N) is 1. The number of amides is 1. The molecule has 0 bridgehead atoms. The van der Waals surface area contributed by atoms with Crippen LogP contribution in [0.4, 0.5) is 0 Å². The maximum absolute atomic E-state index is 12.1. The Morgan fingerprint density at radius 2 is 1.84 bits per heavy atom. The molecule has 0 aromatic heterocycles. The van der Waals surface area contributed by atoms with Crippen LogP contribution >= 0.6 is 11.6 Å². The Labute approximate surface area is 153 Å². The number of likely N-dealkylation sites (N-methyl/N-ethyl adjacent to an activating group) is 1. The van der Waals surface area contributed by atoms with Gasteiger partial charge in [0.2, 0.25) is 5.91 Å². The van der Waals surface area contributed by atoms with E-state index in [-0.39, 0.29) is 5.91 Å². The van der Waals surface area contributed by atoms with Crippen LogP contribution in [-0.2, 0) is 17.9 Å². The van der Waals surface area contributed by atoms with Crippen molar-refractivity contribution in [3.05, 3.63) is 58.6 Å². The monoisotopic (exact) mass is 362 g/mol. The van der Waals surface area contributed by atoms with E-state index < -0.39 is 0 Å². The van der Waals surface area contributed by atoms with Crippen molar-refractivity contribution in [1.29, 1.82) is 0 Å². The Kier molecular flexibility index (Phi) is 7.10. The van der Waals surface area contributed by atoms with Crippen LogP contribution in [0.2, 0.25) is 5.02 Å². The van der Waals surface area contributed by atoms with Crippen LogP contribution in [0.3, 0.4) is 0 Å². The first-order chi connectivity index (χ1) is 12.0. The molecule has 0 atom stereocenters. The van der Waals surface area contributed by atoms with Gasteiger partial charge in [0.05, 0.1) is 20.8 Å². The number of hydrogen-bond donors (Lipinski definition) is 1. The van der Waals surface area contributed by atoms with E-state index in [1.165, 1.54) is 0 Å². The van der Waals surface area contributed by atoms with Crippen LogP contribution in [0.1, 0.15) is 11.1 Å². The topological polar surface area (TPSA) is 50.8 Å². The number of methoxy groups -OCH3 is 2. The number of benzene rings is 2. The fourth-order valence-corrected chi connectivity index (χ4v) is 2.71. The van der Waals surface area contributed by atoms with Crippen molar-refractivity contribution >= 4 is 17.5 Å². The minimum atomic E-state index is -0.0389. The highest BCUT2D eigenvalue weighted by Gasteiger charge is 2.10. The second kappa shape index (κ2) is 9.30. The molecule has 2 aromatic carbocycles. The third-order valence-corrected chi connectivity index (χ3v) is 3.93. The molecule has 2 rings (SSSR count). The van der Waals surface area contributed by atoms with Gasteiger partial charge in [-0.3, -0.25) is 9.69 Å². The lowest BCUT2D eigenvalue weighted by atomic mass is 10.2. The molecule has 0 aliphatic carbocycles. The van der Waals surface area contributed by atoms with Crippen molar-refractivity contribution in [2.75, 3.05) is 27.8 Å². The summed E-state index contributed by atoms with van der Waals surface area (Å²) in [7, 11) is 5.11. The van der Waals surface area contributed by atoms with Gasteiger partial charge in [-0.2, -0.15) is 0 Å². The van der Waals surface area contributed by atoms with Gasteiger partial charge in [-0.15, -0.1) is 0 Å². The van der Waals surface area contributed by atoms with Gasteiger partial charge < -0.3 is 14.8 Å². The summed E-state index contributed by atoms with van der Waals surface area (Å²) in [6, 6.07) is 13.2. The molecule has 6 heteroatoms. The van der Waals surface area contributed by atoms with Crippen molar-refractivity contribution in [2.24, 2.45) is 0 Å². The van der Waals surface area contributed by atoms with E-state index in [1.807, 2.05) is 54.4 Å². The first kappa shape index (κ1) is 19.1. The molecule has 0 spiro atoms. The zero-order chi connectivity index (χ0) is 18.2. The number of rotatable bonds is 8. The summed E-state index contributed by atoms with van der Waals surface area (Å²) in [4.78, 5) is 14.0. The highest BCUT2D eigenvalue weighted by atomic mass is 35.5. The predicted molar refractivity (Wildman–Crippen MR) is 99.2 cm³/mol. The lowest BCUT2D eigenvalue weighted by Crippen LogP contribution is -2.34. The molecule has 0 unspecified atom stereocenters. The van der Waals surface area contributed by atoms with Crippen molar-refractivity contribution < 1.29 is 14.3 Å². The summed E-state index contributed by atoms with van der Waals surface area (Å²) in [6.45, 7) is 1.39. The van der Waals surface area contributed by atoms with Crippen LogP contribution in [0.25, 0.3) is 0 Å². The largest absolute Gasteiger partial charge is 0.493 e. The molecule has 0 aliphatic heterocycles. The van der Waals surface area contributed by atoms with Gasteiger partial charge in [0, 0.05) is 18.1 Å². The summed E-state index contributed by atoms with van der Waals surface area (Å²) in [6.07, 6.45) is 0. The molecule has 25 heavy (non-hydrogen) atoms. The molecule has 0 saturated carbocycles.